The fourth-order valence-electron chi connectivity index (χ4n) is 1.74. The van der Waals surface area contributed by atoms with Crippen LogP contribution >= 0.6 is 0 Å². The van der Waals surface area contributed by atoms with Crippen molar-refractivity contribution in [3.05, 3.63) is 11.9 Å². The van der Waals surface area contributed by atoms with E-state index in [2.05, 4.69) is 41.4 Å². The van der Waals surface area contributed by atoms with Gasteiger partial charge in [-0.25, -0.2) is 0 Å². The summed E-state index contributed by atoms with van der Waals surface area (Å²) in [7, 11) is 2.16. The number of hydrogen-bond donors (Lipinski definition) is 1. The fraction of sp³-hybridized carbons (Fsp3) is 0.846. The van der Waals surface area contributed by atoms with Crippen LogP contribution in [0.25, 0.3) is 0 Å². The molecule has 0 bridgehead atoms. The number of likely N-dealkylation sites (N-methyl/N-ethyl adjacent to an activating group) is 1. The van der Waals surface area contributed by atoms with E-state index in [1.165, 1.54) is 12.8 Å². The molecule has 5 heteroatoms. The molecule has 1 heterocycles. The number of aromatic nitrogens is 3. The van der Waals surface area contributed by atoms with E-state index < -0.39 is 0 Å². The van der Waals surface area contributed by atoms with E-state index in [0.717, 1.165) is 44.8 Å². The molecule has 0 fully saturated rings. The lowest BCUT2D eigenvalue weighted by Crippen LogP contribution is -2.24. The van der Waals surface area contributed by atoms with Crippen molar-refractivity contribution in [1.29, 1.82) is 0 Å². The van der Waals surface area contributed by atoms with Gasteiger partial charge < -0.3 is 10.2 Å². The van der Waals surface area contributed by atoms with Crippen molar-refractivity contribution >= 4 is 0 Å². The predicted molar refractivity (Wildman–Crippen MR) is 74.4 cm³/mol. The highest BCUT2D eigenvalue weighted by Gasteiger charge is 2.02. The molecule has 5 nitrogen and oxygen atoms in total. The monoisotopic (exact) mass is 253 g/mol. The first-order valence-corrected chi connectivity index (χ1v) is 7.04. The van der Waals surface area contributed by atoms with Gasteiger partial charge in [0.2, 0.25) is 0 Å². The minimum Gasteiger partial charge on any atom is -0.311 e. The lowest BCUT2D eigenvalue weighted by Gasteiger charge is -2.15. The summed E-state index contributed by atoms with van der Waals surface area (Å²) in [4.78, 5) is 2.35. The van der Waals surface area contributed by atoms with Crippen LogP contribution in [0.4, 0.5) is 0 Å². The molecule has 0 spiro atoms. The van der Waals surface area contributed by atoms with Crippen LogP contribution in [0.15, 0.2) is 6.20 Å². The highest BCUT2D eigenvalue weighted by molar-refractivity contribution is 4.91. The third kappa shape index (κ3) is 6.12. The standard InChI is InChI=1S/C13H27N5/c1-4-6-8-17(3)9-10-18-12-13(15-16-18)11-14-7-5-2/h12,14H,4-11H2,1-3H3. The molecule has 0 atom stereocenters. The number of hydrogen-bond acceptors (Lipinski definition) is 4. The van der Waals surface area contributed by atoms with Gasteiger partial charge in [0.05, 0.1) is 12.2 Å². The molecule has 104 valence electrons. The molecular weight excluding hydrogens is 226 g/mol. The quantitative estimate of drug-likeness (QED) is 0.642. The van der Waals surface area contributed by atoms with E-state index in [9.17, 15) is 0 Å². The Balaban J connectivity index is 2.22. The molecular formula is C13H27N5. The first-order chi connectivity index (χ1) is 8.76. The van der Waals surface area contributed by atoms with Crippen molar-refractivity contribution < 1.29 is 0 Å². The average molecular weight is 253 g/mol. The van der Waals surface area contributed by atoms with Gasteiger partial charge in [-0.1, -0.05) is 25.5 Å². The summed E-state index contributed by atoms with van der Waals surface area (Å²) >= 11 is 0. The summed E-state index contributed by atoms with van der Waals surface area (Å²) in [6.07, 6.45) is 5.70. The van der Waals surface area contributed by atoms with Crippen molar-refractivity contribution in [2.45, 2.75) is 46.2 Å². The molecule has 0 radical (unpaired) electrons. The molecule has 0 aliphatic carbocycles. The lowest BCUT2D eigenvalue weighted by molar-refractivity contribution is 0.306. The van der Waals surface area contributed by atoms with E-state index in [0.29, 0.717) is 0 Å². The summed E-state index contributed by atoms with van der Waals surface area (Å²) in [6, 6.07) is 0. The van der Waals surface area contributed by atoms with Gasteiger partial charge in [0.15, 0.2) is 0 Å². The van der Waals surface area contributed by atoms with Gasteiger partial charge >= 0.3 is 0 Å². The maximum absolute atomic E-state index is 4.16. The molecule has 0 saturated heterocycles. The van der Waals surface area contributed by atoms with Gasteiger partial charge in [-0.05, 0) is 33.0 Å². The third-order valence-electron chi connectivity index (χ3n) is 2.92. The first kappa shape index (κ1) is 15.1. The molecule has 1 aromatic rings. The Bertz CT molecular complexity index is 310. The highest BCUT2D eigenvalue weighted by atomic mass is 15.4. The maximum atomic E-state index is 4.16. The summed E-state index contributed by atoms with van der Waals surface area (Å²) in [5, 5.41) is 11.6. The summed E-state index contributed by atoms with van der Waals surface area (Å²) < 4.78 is 1.94. The number of nitrogens with zero attached hydrogens (tertiary/aromatic N) is 4. The molecule has 18 heavy (non-hydrogen) atoms. The molecule has 0 aromatic carbocycles. The number of nitrogens with one attached hydrogen (secondary N) is 1. The van der Waals surface area contributed by atoms with Crippen LogP contribution in [-0.4, -0.2) is 46.6 Å². The largest absolute Gasteiger partial charge is 0.311 e. The molecule has 1 N–H and O–H groups in total. The Labute approximate surface area is 111 Å². The van der Waals surface area contributed by atoms with Crippen LogP contribution in [0.3, 0.4) is 0 Å². The minimum absolute atomic E-state index is 0.819. The van der Waals surface area contributed by atoms with Crippen LogP contribution in [0, 0.1) is 0 Å². The van der Waals surface area contributed by atoms with E-state index in [1.54, 1.807) is 0 Å². The van der Waals surface area contributed by atoms with Crippen LogP contribution in [0.1, 0.15) is 38.8 Å². The topological polar surface area (TPSA) is 46.0 Å². The maximum Gasteiger partial charge on any atom is 0.0964 e. The highest BCUT2D eigenvalue weighted by Crippen LogP contribution is 1.95. The Hall–Kier alpha value is -0.940. The molecule has 0 aliphatic rings. The summed E-state index contributed by atoms with van der Waals surface area (Å²) in [5.74, 6) is 0. The van der Waals surface area contributed by atoms with Gasteiger partial charge in [0.1, 0.15) is 0 Å². The average Bonchev–Trinajstić information content (AvgIpc) is 2.82. The van der Waals surface area contributed by atoms with Gasteiger partial charge in [-0.15, -0.1) is 5.10 Å². The second-order valence-corrected chi connectivity index (χ2v) is 4.81. The van der Waals surface area contributed by atoms with Gasteiger partial charge in [-0.3, -0.25) is 4.68 Å². The van der Waals surface area contributed by atoms with E-state index in [-0.39, 0.29) is 0 Å². The zero-order valence-electron chi connectivity index (χ0n) is 12.0. The zero-order chi connectivity index (χ0) is 13.2. The van der Waals surface area contributed by atoms with Gasteiger partial charge in [0, 0.05) is 19.3 Å². The molecule has 0 amide bonds. The Morgan fingerprint density at radius 1 is 1.28 bits per heavy atom. The summed E-state index contributed by atoms with van der Waals surface area (Å²) in [6.45, 7) is 9.35. The molecule has 1 aromatic heterocycles. The van der Waals surface area contributed by atoms with Crippen molar-refractivity contribution in [2.75, 3.05) is 26.7 Å². The molecule has 0 unspecified atom stereocenters. The second kappa shape index (κ2) is 9.05. The van der Waals surface area contributed by atoms with Crippen LogP contribution in [0.2, 0.25) is 0 Å². The first-order valence-electron chi connectivity index (χ1n) is 7.04. The Morgan fingerprint density at radius 3 is 2.83 bits per heavy atom. The molecule has 0 saturated carbocycles. The SMILES string of the molecule is CCCCN(C)CCn1cc(CNCCC)nn1. The minimum atomic E-state index is 0.819. The fourth-order valence-corrected chi connectivity index (χ4v) is 1.74. The third-order valence-corrected chi connectivity index (χ3v) is 2.92. The smallest absolute Gasteiger partial charge is 0.0964 e. The summed E-state index contributed by atoms with van der Waals surface area (Å²) in [5.41, 5.74) is 1.03. The van der Waals surface area contributed by atoms with E-state index in [1.807, 2.05) is 10.9 Å². The molecule has 0 aliphatic heterocycles. The normalized spacial score (nSPS) is 11.3. The van der Waals surface area contributed by atoms with Crippen molar-refractivity contribution in [3.63, 3.8) is 0 Å². The van der Waals surface area contributed by atoms with Gasteiger partial charge in [0.25, 0.3) is 0 Å². The van der Waals surface area contributed by atoms with E-state index >= 15 is 0 Å². The second-order valence-electron chi connectivity index (χ2n) is 4.81. The van der Waals surface area contributed by atoms with Crippen molar-refractivity contribution in [3.8, 4) is 0 Å². The van der Waals surface area contributed by atoms with E-state index in [4.69, 9.17) is 0 Å². The van der Waals surface area contributed by atoms with Crippen LogP contribution in [-0.2, 0) is 13.1 Å². The van der Waals surface area contributed by atoms with Crippen molar-refractivity contribution in [2.24, 2.45) is 0 Å². The van der Waals surface area contributed by atoms with Crippen LogP contribution < -0.4 is 5.32 Å². The zero-order valence-corrected chi connectivity index (χ0v) is 12.0. The van der Waals surface area contributed by atoms with Gasteiger partial charge in [-0.2, -0.15) is 0 Å². The lowest BCUT2D eigenvalue weighted by atomic mass is 10.3. The predicted octanol–water partition coefficient (Wildman–Crippen LogP) is 1.51. The number of unbranched alkanes of at least 4 members (excludes halogenated alkanes) is 1. The number of rotatable bonds is 10. The molecule has 1 rings (SSSR count). The van der Waals surface area contributed by atoms with Crippen molar-refractivity contribution in [1.82, 2.24) is 25.2 Å². The Morgan fingerprint density at radius 2 is 2.11 bits per heavy atom. The van der Waals surface area contributed by atoms with Crippen LogP contribution in [0.5, 0.6) is 0 Å². The Kier molecular flexibility index (Phi) is 7.60.